The molecule has 1 aliphatic rings. The molecule has 0 aromatic heterocycles. The van der Waals surface area contributed by atoms with Crippen LogP contribution in [0, 0.1) is 0 Å². The molecule has 1 aliphatic heterocycles. The van der Waals surface area contributed by atoms with Crippen molar-refractivity contribution in [1.82, 2.24) is 4.90 Å². The number of benzene rings is 3. The number of hydrogen-bond donors (Lipinski definition) is 1. The maximum atomic E-state index is 13.9. The normalized spacial score (nSPS) is 16.7. The van der Waals surface area contributed by atoms with Crippen LogP contribution >= 0.6 is 0 Å². The van der Waals surface area contributed by atoms with Gasteiger partial charge in [0.1, 0.15) is 6.61 Å². The number of cyclic esters (lactones) is 1. The zero-order valence-electron chi connectivity index (χ0n) is 26.8. The SMILES string of the molecule is C=CCCCO[C@H](C(=O)N1C(=O)OC[C@@H]1Cc1ccccc1)[C@H](O)CCCO[Si](c1ccccc1)(c1ccccc1)C(C)(C)C. The zero-order valence-corrected chi connectivity index (χ0v) is 27.8. The molecule has 3 aromatic rings. The average molecular weight is 630 g/mol. The van der Waals surface area contributed by atoms with Crippen molar-refractivity contribution in [2.75, 3.05) is 19.8 Å². The molecular weight excluding hydrogens is 582 g/mol. The number of imide groups is 1. The minimum absolute atomic E-state index is 0.102. The fraction of sp³-hybridized carbons (Fsp3) is 0.405. The first-order valence-electron chi connectivity index (χ1n) is 15.9. The lowest BCUT2D eigenvalue weighted by atomic mass is 10.0. The molecule has 7 nitrogen and oxygen atoms in total. The van der Waals surface area contributed by atoms with Gasteiger partial charge in [-0.2, -0.15) is 0 Å². The van der Waals surface area contributed by atoms with E-state index in [1.165, 1.54) is 10.4 Å². The number of aliphatic hydroxyl groups excluding tert-OH is 1. The number of rotatable bonds is 16. The molecule has 8 heteroatoms. The summed E-state index contributed by atoms with van der Waals surface area (Å²) in [7, 11) is -2.74. The van der Waals surface area contributed by atoms with Gasteiger partial charge in [0.25, 0.3) is 14.2 Å². The van der Waals surface area contributed by atoms with Crippen molar-refractivity contribution in [3.8, 4) is 0 Å². The molecule has 1 heterocycles. The van der Waals surface area contributed by atoms with E-state index in [1.807, 2.05) is 66.7 Å². The topological polar surface area (TPSA) is 85.3 Å². The highest BCUT2D eigenvalue weighted by molar-refractivity contribution is 6.99. The van der Waals surface area contributed by atoms with Crippen LogP contribution in [0.5, 0.6) is 0 Å². The second-order valence-electron chi connectivity index (χ2n) is 12.6. The average Bonchev–Trinajstić information content (AvgIpc) is 3.40. The first-order chi connectivity index (χ1) is 21.7. The molecule has 0 saturated carbocycles. The van der Waals surface area contributed by atoms with Crippen molar-refractivity contribution < 1.29 is 28.6 Å². The summed E-state index contributed by atoms with van der Waals surface area (Å²) in [6.45, 7) is 11.2. The Morgan fingerprint density at radius 2 is 1.56 bits per heavy atom. The van der Waals surface area contributed by atoms with Crippen LogP contribution in [0.2, 0.25) is 5.04 Å². The maximum Gasteiger partial charge on any atom is 0.417 e. The number of ether oxygens (including phenoxy) is 2. The Kier molecular flexibility index (Phi) is 12.3. The smallest absolute Gasteiger partial charge is 0.417 e. The van der Waals surface area contributed by atoms with Gasteiger partial charge in [-0.25, -0.2) is 9.69 Å². The summed E-state index contributed by atoms with van der Waals surface area (Å²) < 4.78 is 18.3. The Bertz CT molecular complexity index is 1320. The van der Waals surface area contributed by atoms with Crippen LogP contribution < -0.4 is 10.4 Å². The van der Waals surface area contributed by atoms with E-state index in [1.54, 1.807) is 6.08 Å². The number of amides is 2. The van der Waals surface area contributed by atoms with Crippen molar-refractivity contribution in [3.05, 3.63) is 109 Å². The molecule has 0 radical (unpaired) electrons. The molecule has 2 amide bonds. The Hall–Kier alpha value is -3.56. The first-order valence-corrected chi connectivity index (χ1v) is 17.8. The zero-order chi connectivity index (χ0) is 32.3. The summed E-state index contributed by atoms with van der Waals surface area (Å²) in [5.74, 6) is -0.572. The van der Waals surface area contributed by atoms with Gasteiger partial charge in [-0.1, -0.05) is 118 Å². The molecule has 1 fully saturated rings. The van der Waals surface area contributed by atoms with E-state index in [0.717, 1.165) is 10.5 Å². The van der Waals surface area contributed by atoms with Gasteiger partial charge in [-0.05, 0) is 53.1 Å². The molecule has 3 atom stereocenters. The van der Waals surface area contributed by atoms with Gasteiger partial charge in [0.15, 0.2) is 6.10 Å². The van der Waals surface area contributed by atoms with E-state index in [2.05, 4.69) is 51.6 Å². The number of aliphatic hydroxyl groups is 1. The fourth-order valence-electron chi connectivity index (χ4n) is 6.12. The summed E-state index contributed by atoms with van der Waals surface area (Å²) in [6.07, 6.45) is 1.34. The molecule has 45 heavy (non-hydrogen) atoms. The number of hydrogen-bond acceptors (Lipinski definition) is 6. The van der Waals surface area contributed by atoms with Gasteiger partial charge in [0.05, 0.1) is 12.1 Å². The third kappa shape index (κ3) is 8.38. The highest BCUT2D eigenvalue weighted by atomic mass is 28.4. The van der Waals surface area contributed by atoms with E-state index in [-0.39, 0.29) is 24.7 Å². The summed E-state index contributed by atoms with van der Waals surface area (Å²) in [5, 5.41) is 13.6. The quantitative estimate of drug-likeness (QED) is 0.125. The van der Waals surface area contributed by atoms with Crippen LogP contribution in [0.15, 0.2) is 104 Å². The minimum Gasteiger partial charge on any atom is -0.447 e. The Balaban J connectivity index is 1.49. The van der Waals surface area contributed by atoms with E-state index in [4.69, 9.17) is 13.9 Å². The van der Waals surface area contributed by atoms with Crippen LogP contribution in [0.1, 0.15) is 52.0 Å². The second kappa shape index (κ2) is 16.1. The van der Waals surface area contributed by atoms with Crippen molar-refractivity contribution in [2.24, 2.45) is 0 Å². The van der Waals surface area contributed by atoms with Crippen LogP contribution in [-0.4, -0.2) is 68.4 Å². The Morgan fingerprint density at radius 3 is 2.11 bits per heavy atom. The van der Waals surface area contributed by atoms with E-state index in [9.17, 15) is 14.7 Å². The second-order valence-corrected chi connectivity index (χ2v) is 16.9. The minimum atomic E-state index is -2.74. The van der Waals surface area contributed by atoms with E-state index in [0.29, 0.717) is 32.3 Å². The summed E-state index contributed by atoms with van der Waals surface area (Å²) in [5.41, 5.74) is 0.989. The van der Waals surface area contributed by atoms with Gasteiger partial charge in [-0.15, -0.1) is 6.58 Å². The third-order valence-electron chi connectivity index (χ3n) is 8.34. The van der Waals surface area contributed by atoms with Crippen molar-refractivity contribution in [1.29, 1.82) is 0 Å². The van der Waals surface area contributed by atoms with Crippen LogP contribution in [0.3, 0.4) is 0 Å². The van der Waals surface area contributed by atoms with Gasteiger partial charge >= 0.3 is 6.09 Å². The van der Waals surface area contributed by atoms with Gasteiger partial charge < -0.3 is 19.0 Å². The monoisotopic (exact) mass is 629 g/mol. The summed E-state index contributed by atoms with van der Waals surface area (Å²) >= 11 is 0. The van der Waals surface area contributed by atoms with Gasteiger partial charge in [-0.3, -0.25) is 4.79 Å². The Labute approximate surface area is 269 Å². The summed E-state index contributed by atoms with van der Waals surface area (Å²) in [6, 6.07) is 30.0. The fourth-order valence-corrected chi connectivity index (χ4v) is 10.7. The lowest BCUT2D eigenvalue weighted by Gasteiger charge is -2.43. The molecular formula is C37H47NO6Si. The molecule has 3 aromatic carbocycles. The molecule has 240 valence electrons. The number of carbonyl (C=O) groups is 2. The molecule has 4 rings (SSSR count). The Morgan fingerprint density at radius 1 is 0.978 bits per heavy atom. The number of nitrogens with zero attached hydrogens (tertiary/aromatic N) is 1. The third-order valence-corrected chi connectivity index (χ3v) is 13.4. The van der Waals surface area contributed by atoms with Crippen molar-refractivity contribution in [3.63, 3.8) is 0 Å². The predicted molar refractivity (Wildman–Crippen MR) is 180 cm³/mol. The number of unbranched alkanes of at least 4 members (excludes halogenated alkanes) is 1. The molecule has 0 aliphatic carbocycles. The van der Waals surface area contributed by atoms with Gasteiger partial charge in [0, 0.05) is 13.2 Å². The lowest BCUT2D eigenvalue weighted by molar-refractivity contribution is -0.150. The maximum absolute atomic E-state index is 13.9. The number of allylic oxidation sites excluding steroid dienone is 1. The largest absolute Gasteiger partial charge is 0.447 e. The molecule has 1 N–H and O–H groups in total. The van der Waals surface area contributed by atoms with Crippen molar-refractivity contribution >= 4 is 30.7 Å². The van der Waals surface area contributed by atoms with Crippen LogP contribution in [0.25, 0.3) is 0 Å². The highest BCUT2D eigenvalue weighted by Gasteiger charge is 2.50. The van der Waals surface area contributed by atoms with E-state index < -0.39 is 38.6 Å². The molecule has 0 spiro atoms. The lowest BCUT2D eigenvalue weighted by Crippen LogP contribution is -2.66. The predicted octanol–water partition coefficient (Wildman–Crippen LogP) is 5.65. The van der Waals surface area contributed by atoms with Crippen LogP contribution in [-0.2, 0) is 25.1 Å². The van der Waals surface area contributed by atoms with Gasteiger partial charge in [0.2, 0.25) is 0 Å². The highest BCUT2D eigenvalue weighted by Crippen LogP contribution is 2.37. The molecule has 1 saturated heterocycles. The van der Waals surface area contributed by atoms with E-state index >= 15 is 0 Å². The number of carbonyl (C=O) groups excluding carboxylic acids is 2. The molecule has 0 bridgehead atoms. The standard InChI is InChI=1S/C37H47NO6Si/c1-5-6-16-25-42-34(35(40)38-30(28-43-36(38)41)27-29-18-10-7-11-19-29)33(39)24-17-26-44-45(37(2,3)4,31-20-12-8-13-21-31)32-22-14-9-15-23-32/h5,7-15,18-23,30,33-34,39H,1,6,16-17,24-28H2,2-4H3/t30-,33+,34-/m0/s1. The van der Waals surface area contributed by atoms with Crippen LogP contribution in [0.4, 0.5) is 4.79 Å². The first kappa shape index (κ1) is 34.3. The summed E-state index contributed by atoms with van der Waals surface area (Å²) in [4.78, 5) is 27.8. The molecule has 0 unspecified atom stereocenters. The van der Waals surface area contributed by atoms with Crippen molar-refractivity contribution in [2.45, 2.75) is 76.2 Å².